The minimum Gasteiger partial charge on any atom is -0.393 e. The monoisotopic (exact) mass is 293 g/mol. The van der Waals surface area contributed by atoms with E-state index in [9.17, 15) is 23.7 Å². The average Bonchev–Trinajstić information content (AvgIpc) is 2.42. The van der Waals surface area contributed by atoms with Crippen LogP contribution in [0, 0.1) is 21.7 Å². The van der Waals surface area contributed by atoms with Gasteiger partial charge in [0.15, 0.2) is 0 Å². The van der Waals surface area contributed by atoms with Crippen LogP contribution in [0.2, 0.25) is 0 Å². The van der Waals surface area contributed by atoms with Gasteiger partial charge in [-0.1, -0.05) is 12.1 Å². The number of nitrogens with two attached hydrogens (primary N) is 1. The number of nitrogens with one attached hydrogen (secondary N) is 1. The first-order valence-corrected chi connectivity index (χ1v) is 5.70. The molecule has 0 atom stereocenters. The Kier molecular flexibility index (Phi) is 3.79. The zero-order valence-electron chi connectivity index (χ0n) is 10.5. The van der Waals surface area contributed by atoms with Crippen LogP contribution in [-0.4, -0.2) is 10.8 Å². The summed E-state index contributed by atoms with van der Waals surface area (Å²) in [6, 6.07) is 6.75. The van der Waals surface area contributed by atoms with Gasteiger partial charge >= 0.3 is 5.69 Å². The van der Waals surface area contributed by atoms with Crippen molar-refractivity contribution in [3.8, 4) is 0 Å². The molecule has 0 aromatic heterocycles. The van der Waals surface area contributed by atoms with E-state index in [2.05, 4.69) is 0 Å². The van der Waals surface area contributed by atoms with E-state index in [0.29, 0.717) is 0 Å². The predicted molar refractivity (Wildman–Crippen MR) is 71.8 cm³/mol. The van der Waals surface area contributed by atoms with Crippen LogP contribution in [0.1, 0.15) is 10.4 Å². The SMILES string of the molecule is Nc1cccc(C(=O)Nc2c(F)cccc2F)c1[N+](=O)[O-]. The van der Waals surface area contributed by atoms with Crippen molar-refractivity contribution in [1.29, 1.82) is 0 Å². The quantitative estimate of drug-likeness (QED) is 0.516. The van der Waals surface area contributed by atoms with E-state index in [4.69, 9.17) is 5.73 Å². The molecule has 108 valence electrons. The van der Waals surface area contributed by atoms with Crippen LogP contribution in [0.25, 0.3) is 0 Å². The number of hydrogen-bond acceptors (Lipinski definition) is 4. The van der Waals surface area contributed by atoms with Crippen molar-refractivity contribution < 1.29 is 18.5 Å². The molecule has 6 nitrogen and oxygen atoms in total. The molecule has 0 saturated carbocycles. The predicted octanol–water partition coefficient (Wildman–Crippen LogP) is 2.71. The average molecular weight is 293 g/mol. The zero-order chi connectivity index (χ0) is 15.6. The fourth-order valence-corrected chi connectivity index (χ4v) is 1.75. The number of carbonyl (C=O) groups excluding carboxylic acids is 1. The Morgan fingerprint density at radius 1 is 1.14 bits per heavy atom. The van der Waals surface area contributed by atoms with E-state index in [1.165, 1.54) is 12.1 Å². The molecule has 2 aromatic carbocycles. The second kappa shape index (κ2) is 5.53. The molecule has 0 unspecified atom stereocenters. The topological polar surface area (TPSA) is 98.3 Å². The van der Waals surface area contributed by atoms with Crippen molar-refractivity contribution in [1.82, 2.24) is 0 Å². The lowest BCUT2D eigenvalue weighted by Crippen LogP contribution is -2.16. The largest absolute Gasteiger partial charge is 0.393 e. The van der Waals surface area contributed by atoms with Crippen LogP contribution in [0.5, 0.6) is 0 Å². The van der Waals surface area contributed by atoms with Gasteiger partial charge in [0.05, 0.1) is 4.92 Å². The standard InChI is InChI=1S/C13H9F2N3O3/c14-8-4-2-5-9(15)11(8)17-13(19)7-3-1-6-10(16)12(7)18(20)21/h1-6H,16H2,(H,17,19). The van der Waals surface area contributed by atoms with Crippen molar-refractivity contribution in [2.75, 3.05) is 11.1 Å². The van der Waals surface area contributed by atoms with Crippen molar-refractivity contribution in [2.45, 2.75) is 0 Å². The number of nitro benzene ring substituents is 1. The van der Waals surface area contributed by atoms with Crippen molar-refractivity contribution in [2.24, 2.45) is 0 Å². The summed E-state index contributed by atoms with van der Waals surface area (Å²) < 4.78 is 26.9. The Morgan fingerprint density at radius 3 is 2.29 bits per heavy atom. The first kappa shape index (κ1) is 14.4. The summed E-state index contributed by atoms with van der Waals surface area (Å²) in [5, 5.41) is 12.9. The van der Waals surface area contributed by atoms with Crippen LogP contribution in [0.3, 0.4) is 0 Å². The summed E-state index contributed by atoms with van der Waals surface area (Å²) in [7, 11) is 0. The summed E-state index contributed by atoms with van der Waals surface area (Å²) in [6.45, 7) is 0. The van der Waals surface area contributed by atoms with Gasteiger partial charge in [-0.15, -0.1) is 0 Å². The second-order valence-corrected chi connectivity index (χ2v) is 4.05. The Labute approximate surface area is 117 Å². The molecule has 8 heteroatoms. The number of carbonyl (C=O) groups is 1. The molecule has 1 amide bonds. The van der Waals surface area contributed by atoms with E-state index in [1.54, 1.807) is 0 Å². The highest BCUT2D eigenvalue weighted by Gasteiger charge is 2.24. The summed E-state index contributed by atoms with van der Waals surface area (Å²) >= 11 is 0. The smallest absolute Gasteiger partial charge is 0.304 e. The number of benzene rings is 2. The molecule has 0 heterocycles. The van der Waals surface area contributed by atoms with Crippen LogP contribution >= 0.6 is 0 Å². The summed E-state index contributed by atoms with van der Waals surface area (Å²) in [6.07, 6.45) is 0. The maximum atomic E-state index is 13.5. The lowest BCUT2D eigenvalue weighted by atomic mass is 10.1. The number of nitrogen functional groups attached to an aromatic ring is 1. The third kappa shape index (κ3) is 2.78. The highest BCUT2D eigenvalue weighted by atomic mass is 19.1. The number of para-hydroxylation sites is 2. The fourth-order valence-electron chi connectivity index (χ4n) is 1.75. The summed E-state index contributed by atoms with van der Waals surface area (Å²) in [4.78, 5) is 22.1. The highest BCUT2D eigenvalue weighted by Crippen LogP contribution is 2.27. The van der Waals surface area contributed by atoms with Gasteiger partial charge in [-0.3, -0.25) is 14.9 Å². The minimum absolute atomic E-state index is 0.221. The molecule has 0 bridgehead atoms. The van der Waals surface area contributed by atoms with Gasteiger partial charge in [0, 0.05) is 0 Å². The number of amides is 1. The fraction of sp³-hybridized carbons (Fsp3) is 0. The van der Waals surface area contributed by atoms with Gasteiger partial charge in [0.2, 0.25) is 0 Å². The molecule has 0 aliphatic heterocycles. The first-order valence-electron chi connectivity index (χ1n) is 5.70. The molecular weight excluding hydrogens is 284 g/mol. The minimum atomic E-state index is -1.03. The third-order valence-corrected chi connectivity index (χ3v) is 2.70. The second-order valence-electron chi connectivity index (χ2n) is 4.05. The Bertz CT molecular complexity index is 714. The lowest BCUT2D eigenvalue weighted by Gasteiger charge is -2.08. The Morgan fingerprint density at radius 2 is 1.71 bits per heavy atom. The van der Waals surface area contributed by atoms with Crippen LogP contribution in [0.15, 0.2) is 36.4 Å². The zero-order valence-corrected chi connectivity index (χ0v) is 10.5. The summed E-state index contributed by atoms with van der Waals surface area (Å²) in [5.41, 5.74) is 3.54. The normalized spacial score (nSPS) is 10.2. The van der Waals surface area contributed by atoms with Gasteiger partial charge in [-0.25, -0.2) is 8.78 Å². The lowest BCUT2D eigenvalue weighted by molar-refractivity contribution is -0.384. The number of hydrogen-bond donors (Lipinski definition) is 2. The number of nitro groups is 1. The molecule has 21 heavy (non-hydrogen) atoms. The molecule has 0 fully saturated rings. The van der Waals surface area contributed by atoms with E-state index in [1.807, 2.05) is 5.32 Å². The number of anilines is 2. The van der Waals surface area contributed by atoms with Crippen LogP contribution in [-0.2, 0) is 0 Å². The van der Waals surface area contributed by atoms with Gasteiger partial charge in [-0.05, 0) is 24.3 Å². The van der Waals surface area contributed by atoms with Crippen molar-refractivity contribution in [3.05, 3.63) is 63.7 Å². The highest BCUT2D eigenvalue weighted by molar-refractivity contribution is 6.08. The van der Waals surface area contributed by atoms with Crippen LogP contribution in [0.4, 0.5) is 25.8 Å². The maximum absolute atomic E-state index is 13.5. The van der Waals surface area contributed by atoms with E-state index < -0.39 is 33.8 Å². The van der Waals surface area contributed by atoms with Crippen LogP contribution < -0.4 is 11.1 Å². The number of rotatable bonds is 3. The maximum Gasteiger partial charge on any atom is 0.304 e. The van der Waals surface area contributed by atoms with Gasteiger partial charge in [0.25, 0.3) is 5.91 Å². The molecular formula is C13H9F2N3O3. The van der Waals surface area contributed by atoms with Gasteiger partial charge in [0.1, 0.15) is 28.6 Å². The number of halogens is 2. The molecule has 3 N–H and O–H groups in total. The Balaban J connectivity index is 2.43. The molecule has 0 radical (unpaired) electrons. The molecule has 2 aromatic rings. The van der Waals surface area contributed by atoms with E-state index >= 15 is 0 Å². The molecule has 0 saturated heterocycles. The van der Waals surface area contributed by atoms with Crippen molar-refractivity contribution in [3.63, 3.8) is 0 Å². The molecule has 0 aliphatic rings. The van der Waals surface area contributed by atoms with E-state index in [0.717, 1.165) is 24.3 Å². The Hall–Kier alpha value is -3.03. The van der Waals surface area contributed by atoms with Crippen molar-refractivity contribution >= 4 is 23.0 Å². The molecule has 2 rings (SSSR count). The first-order chi connectivity index (χ1) is 9.91. The van der Waals surface area contributed by atoms with Gasteiger partial charge in [-0.2, -0.15) is 0 Å². The summed E-state index contributed by atoms with van der Waals surface area (Å²) in [5.74, 6) is -3.01. The molecule has 0 aliphatic carbocycles. The molecule has 0 spiro atoms. The van der Waals surface area contributed by atoms with E-state index in [-0.39, 0.29) is 11.3 Å². The number of nitrogens with zero attached hydrogens (tertiary/aromatic N) is 1. The third-order valence-electron chi connectivity index (χ3n) is 2.70. The van der Waals surface area contributed by atoms with Gasteiger partial charge < -0.3 is 11.1 Å².